The molecule has 0 amide bonds. The number of carbonyl (C=O) groups excluding carboxylic acids is 1. The van der Waals surface area contributed by atoms with Crippen LogP contribution in [0, 0.1) is 0 Å². The monoisotopic (exact) mass is 703 g/mol. The van der Waals surface area contributed by atoms with Gasteiger partial charge in [-0.05, 0) is 26.2 Å². The summed E-state index contributed by atoms with van der Waals surface area (Å²) in [7, 11) is 0. The van der Waals surface area contributed by atoms with Crippen LogP contribution in [0.4, 0.5) is 0 Å². The molecule has 0 aliphatic heterocycles. The standard InChI is InChI=1S/C48H94O2/c1-4-6-8-10-12-14-16-18-20-22-24-26-27-29-31-33-35-37-39-41-43-45-47(3)48(49)50-46-44-42-40-38-36-34-32-30-28-25-23-21-19-17-15-13-11-9-7-5-2/h45H,4-44,46H2,1-3H3/b47-45+. The zero-order valence-electron chi connectivity index (χ0n) is 35.1. The Kier molecular flexibility index (Phi) is 43.7. The normalized spacial score (nSPS) is 11.9. The Morgan fingerprint density at radius 2 is 0.560 bits per heavy atom. The van der Waals surface area contributed by atoms with Crippen LogP contribution in [0.5, 0.6) is 0 Å². The fourth-order valence-corrected chi connectivity index (χ4v) is 7.44. The number of unbranched alkanes of at least 4 members (excludes halogenated alkanes) is 39. The van der Waals surface area contributed by atoms with Crippen LogP contribution in [-0.2, 0) is 9.53 Å². The van der Waals surface area contributed by atoms with E-state index in [1.54, 1.807) is 0 Å². The van der Waals surface area contributed by atoms with Crippen molar-refractivity contribution in [3.05, 3.63) is 11.6 Å². The van der Waals surface area contributed by atoms with Crippen LogP contribution in [0.1, 0.15) is 284 Å². The quantitative estimate of drug-likeness (QED) is 0.0359. The fourth-order valence-electron chi connectivity index (χ4n) is 7.44. The molecule has 0 atom stereocenters. The van der Waals surface area contributed by atoms with E-state index in [1.165, 1.54) is 250 Å². The SMILES string of the molecule is CCCCCCCCCCCCCCCCCCCCCC/C=C(\C)C(=O)OCCCCCCCCCCCCCCCCCCCCCC. The van der Waals surface area contributed by atoms with Gasteiger partial charge in [0, 0.05) is 5.57 Å². The van der Waals surface area contributed by atoms with Crippen LogP contribution in [0.2, 0.25) is 0 Å². The molecule has 0 aromatic rings. The highest BCUT2D eigenvalue weighted by atomic mass is 16.5. The summed E-state index contributed by atoms with van der Waals surface area (Å²) in [5.74, 6) is -0.101. The van der Waals surface area contributed by atoms with E-state index in [9.17, 15) is 4.79 Å². The zero-order chi connectivity index (χ0) is 36.3. The van der Waals surface area contributed by atoms with Crippen LogP contribution in [0.3, 0.4) is 0 Å². The highest BCUT2D eigenvalue weighted by Crippen LogP contribution is 2.17. The number of allylic oxidation sites excluding steroid dienone is 1. The topological polar surface area (TPSA) is 26.3 Å². The summed E-state index contributed by atoms with van der Waals surface area (Å²) in [5, 5.41) is 0. The molecule has 0 bridgehead atoms. The lowest BCUT2D eigenvalue weighted by molar-refractivity contribution is -0.139. The third-order valence-electron chi connectivity index (χ3n) is 11.1. The number of hydrogen-bond donors (Lipinski definition) is 0. The smallest absolute Gasteiger partial charge is 0.333 e. The Balaban J connectivity index is 3.30. The van der Waals surface area contributed by atoms with E-state index in [4.69, 9.17) is 4.74 Å². The minimum absolute atomic E-state index is 0.101. The Morgan fingerprint density at radius 1 is 0.340 bits per heavy atom. The van der Waals surface area contributed by atoms with Gasteiger partial charge in [-0.1, -0.05) is 264 Å². The molecule has 0 N–H and O–H groups in total. The second kappa shape index (κ2) is 44.4. The molecule has 0 radical (unpaired) electrons. The van der Waals surface area contributed by atoms with Gasteiger partial charge in [-0.25, -0.2) is 4.79 Å². The molecule has 0 rings (SSSR count). The van der Waals surface area contributed by atoms with Crippen molar-refractivity contribution in [1.82, 2.24) is 0 Å². The Bertz CT molecular complexity index is 667. The molecule has 2 heteroatoms. The first-order valence-electron chi connectivity index (χ1n) is 23.6. The number of esters is 1. The van der Waals surface area contributed by atoms with E-state index in [0.29, 0.717) is 6.61 Å². The predicted octanol–water partition coefficient (Wildman–Crippen LogP) is 17.5. The largest absolute Gasteiger partial charge is 0.462 e. The van der Waals surface area contributed by atoms with Crippen LogP contribution in [-0.4, -0.2) is 12.6 Å². The molecule has 2 nitrogen and oxygen atoms in total. The molecule has 0 aliphatic rings. The molecule has 0 unspecified atom stereocenters. The molecule has 0 saturated carbocycles. The Morgan fingerprint density at radius 3 is 0.820 bits per heavy atom. The van der Waals surface area contributed by atoms with E-state index >= 15 is 0 Å². The van der Waals surface area contributed by atoms with Gasteiger partial charge in [0.05, 0.1) is 6.61 Å². The van der Waals surface area contributed by atoms with Crippen molar-refractivity contribution in [3.8, 4) is 0 Å². The van der Waals surface area contributed by atoms with Gasteiger partial charge < -0.3 is 4.74 Å². The molecule has 0 aliphatic carbocycles. The van der Waals surface area contributed by atoms with Gasteiger partial charge >= 0.3 is 5.97 Å². The summed E-state index contributed by atoms with van der Waals surface area (Å²) < 4.78 is 5.53. The van der Waals surface area contributed by atoms with Gasteiger partial charge in [0.25, 0.3) is 0 Å². The predicted molar refractivity (Wildman–Crippen MR) is 225 cm³/mol. The van der Waals surface area contributed by atoms with Gasteiger partial charge in [0.2, 0.25) is 0 Å². The second-order valence-corrected chi connectivity index (χ2v) is 16.2. The summed E-state index contributed by atoms with van der Waals surface area (Å²) in [4.78, 5) is 12.3. The molecule has 0 aromatic heterocycles. The zero-order valence-corrected chi connectivity index (χ0v) is 35.1. The van der Waals surface area contributed by atoms with E-state index in [2.05, 4.69) is 19.9 Å². The van der Waals surface area contributed by atoms with Crippen molar-refractivity contribution < 1.29 is 9.53 Å². The molecule has 0 heterocycles. The Hall–Kier alpha value is -0.790. The van der Waals surface area contributed by atoms with Gasteiger partial charge in [-0.2, -0.15) is 0 Å². The summed E-state index contributed by atoms with van der Waals surface area (Å²) in [6, 6.07) is 0. The summed E-state index contributed by atoms with van der Waals surface area (Å²) in [5.41, 5.74) is 0.802. The maximum atomic E-state index is 12.3. The van der Waals surface area contributed by atoms with Crippen molar-refractivity contribution in [2.75, 3.05) is 6.61 Å². The van der Waals surface area contributed by atoms with Crippen molar-refractivity contribution in [2.45, 2.75) is 284 Å². The first-order chi connectivity index (χ1) is 24.7. The van der Waals surface area contributed by atoms with Gasteiger partial charge in [-0.15, -0.1) is 0 Å². The lowest BCUT2D eigenvalue weighted by Gasteiger charge is -2.06. The number of ether oxygens (including phenoxy) is 1. The van der Waals surface area contributed by atoms with E-state index in [0.717, 1.165) is 18.4 Å². The second-order valence-electron chi connectivity index (χ2n) is 16.2. The third kappa shape index (κ3) is 41.6. The summed E-state index contributed by atoms with van der Waals surface area (Å²) in [6.07, 6.45) is 59.2. The van der Waals surface area contributed by atoms with Gasteiger partial charge in [0.1, 0.15) is 0 Å². The molecule has 0 spiro atoms. The fraction of sp³-hybridized carbons (Fsp3) is 0.938. The average Bonchev–Trinajstić information content (AvgIpc) is 3.12. The lowest BCUT2D eigenvalue weighted by Crippen LogP contribution is -2.07. The first-order valence-corrected chi connectivity index (χ1v) is 23.6. The van der Waals surface area contributed by atoms with Crippen LogP contribution in [0.15, 0.2) is 11.6 Å². The number of hydrogen-bond acceptors (Lipinski definition) is 2. The third-order valence-corrected chi connectivity index (χ3v) is 11.1. The molecule has 298 valence electrons. The molecular formula is C48H94O2. The maximum Gasteiger partial charge on any atom is 0.333 e. The summed E-state index contributed by atoms with van der Waals surface area (Å²) in [6.45, 7) is 7.11. The number of rotatable bonds is 43. The van der Waals surface area contributed by atoms with Crippen molar-refractivity contribution in [1.29, 1.82) is 0 Å². The van der Waals surface area contributed by atoms with Gasteiger partial charge in [-0.3, -0.25) is 0 Å². The highest BCUT2D eigenvalue weighted by Gasteiger charge is 2.05. The average molecular weight is 703 g/mol. The molecular weight excluding hydrogens is 609 g/mol. The van der Waals surface area contributed by atoms with Crippen molar-refractivity contribution in [2.24, 2.45) is 0 Å². The van der Waals surface area contributed by atoms with E-state index in [1.807, 2.05) is 6.92 Å². The molecule has 0 saturated heterocycles. The number of carbonyl (C=O) groups is 1. The Labute approximate surface area is 316 Å². The lowest BCUT2D eigenvalue weighted by atomic mass is 10.0. The van der Waals surface area contributed by atoms with Crippen LogP contribution in [0.25, 0.3) is 0 Å². The van der Waals surface area contributed by atoms with Crippen LogP contribution >= 0.6 is 0 Å². The molecule has 0 fully saturated rings. The van der Waals surface area contributed by atoms with E-state index in [-0.39, 0.29) is 5.97 Å². The van der Waals surface area contributed by atoms with Crippen LogP contribution < -0.4 is 0 Å². The highest BCUT2D eigenvalue weighted by molar-refractivity contribution is 5.87. The van der Waals surface area contributed by atoms with Gasteiger partial charge in [0.15, 0.2) is 0 Å². The van der Waals surface area contributed by atoms with E-state index < -0.39 is 0 Å². The van der Waals surface area contributed by atoms with Crippen molar-refractivity contribution in [3.63, 3.8) is 0 Å². The molecule has 0 aromatic carbocycles. The summed E-state index contributed by atoms with van der Waals surface area (Å²) >= 11 is 0. The maximum absolute atomic E-state index is 12.3. The van der Waals surface area contributed by atoms with Crippen molar-refractivity contribution >= 4 is 5.97 Å². The molecule has 50 heavy (non-hydrogen) atoms. The minimum atomic E-state index is -0.101. The first kappa shape index (κ1) is 49.2. The minimum Gasteiger partial charge on any atom is -0.462 e.